The Morgan fingerprint density at radius 2 is 1.83 bits per heavy atom. The summed E-state index contributed by atoms with van der Waals surface area (Å²) in [4.78, 5) is 14.4. The van der Waals surface area contributed by atoms with Gasteiger partial charge < -0.3 is 5.32 Å². The molecule has 0 aliphatic heterocycles. The highest BCUT2D eigenvalue weighted by molar-refractivity contribution is 7.99. The Morgan fingerprint density at radius 1 is 1.13 bits per heavy atom. The molecule has 1 amide bonds. The monoisotopic (exact) mass is 443 g/mol. The van der Waals surface area contributed by atoms with Crippen LogP contribution in [0.3, 0.4) is 0 Å². The van der Waals surface area contributed by atoms with E-state index in [1.807, 2.05) is 61.1 Å². The summed E-state index contributed by atoms with van der Waals surface area (Å²) < 4.78 is 1.99. The van der Waals surface area contributed by atoms with Gasteiger partial charge in [0.05, 0.1) is 11.8 Å². The Bertz CT molecular complexity index is 959. The molecular weight excluding hydrogens is 418 g/mol. The Labute approximate surface area is 186 Å². The molecule has 6 nitrogen and oxygen atoms in total. The zero-order chi connectivity index (χ0) is 21.5. The summed E-state index contributed by atoms with van der Waals surface area (Å²) in [5.41, 5.74) is 2.12. The van der Waals surface area contributed by atoms with E-state index in [2.05, 4.69) is 39.5 Å². The van der Waals surface area contributed by atoms with Crippen LogP contribution >= 0.6 is 23.4 Å². The molecule has 1 atom stereocenters. The molecule has 3 aromatic rings. The normalized spacial score (nSPS) is 12.2. The number of carbonyl (C=O) groups excluding carboxylic acids is 1. The number of amides is 1. The highest BCUT2D eigenvalue weighted by Crippen LogP contribution is 2.27. The van der Waals surface area contributed by atoms with Crippen molar-refractivity contribution in [2.24, 2.45) is 0 Å². The van der Waals surface area contributed by atoms with Crippen LogP contribution in [-0.2, 0) is 11.2 Å². The first-order chi connectivity index (χ1) is 14.5. The maximum absolute atomic E-state index is 12.3. The predicted octanol–water partition coefficient (Wildman–Crippen LogP) is 3.99. The molecule has 0 saturated heterocycles. The number of halogens is 1. The van der Waals surface area contributed by atoms with Crippen LogP contribution in [0.1, 0.15) is 24.4 Å². The van der Waals surface area contributed by atoms with Crippen LogP contribution < -0.4 is 5.32 Å². The van der Waals surface area contributed by atoms with Crippen LogP contribution in [0.5, 0.6) is 0 Å². The molecule has 158 valence electrons. The highest BCUT2D eigenvalue weighted by atomic mass is 35.5. The summed E-state index contributed by atoms with van der Waals surface area (Å²) in [5.74, 6) is 1.06. The number of carbonyl (C=O) groups is 1. The van der Waals surface area contributed by atoms with E-state index < -0.39 is 0 Å². The van der Waals surface area contributed by atoms with Crippen molar-refractivity contribution >= 4 is 29.3 Å². The van der Waals surface area contributed by atoms with E-state index in [9.17, 15) is 4.79 Å². The first-order valence-electron chi connectivity index (χ1n) is 9.77. The van der Waals surface area contributed by atoms with Crippen molar-refractivity contribution in [2.75, 3.05) is 26.4 Å². The number of hydrogen-bond acceptors (Lipinski definition) is 5. The number of thioether (sulfide) groups is 1. The predicted molar refractivity (Wildman–Crippen MR) is 122 cm³/mol. The average molecular weight is 444 g/mol. The summed E-state index contributed by atoms with van der Waals surface area (Å²) in [6.45, 7) is 2.68. The van der Waals surface area contributed by atoms with Gasteiger partial charge >= 0.3 is 0 Å². The van der Waals surface area contributed by atoms with Crippen molar-refractivity contribution in [3.8, 4) is 5.69 Å². The summed E-state index contributed by atoms with van der Waals surface area (Å²) in [6.07, 6.45) is 0.808. The third-order valence-corrected chi connectivity index (χ3v) is 5.98. The first kappa shape index (κ1) is 22.3. The van der Waals surface area contributed by atoms with E-state index in [0.717, 1.165) is 17.9 Å². The van der Waals surface area contributed by atoms with Crippen LogP contribution in [-0.4, -0.2) is 52.0 Å². The zero-order valence-corrected chi connectivity index (χ0v) is 19.0. The summed E-state index contributed by atoms with van der Waals surface area (Å²) in [5, 5.41) is 13.1. The Kier molecular flexibility index (Phi) is 7.90. The van der Waals surface area contributed by atoms with E-state index in [4.69, 9.17) is 11.6 Å². The Hall–Kier alpha value is -2.35. The van der Waals surface area contributed by atoms with Crippen LogP contribution in [0, 0.1) is 0 Å². The largest absolute Gasteiger partial charge is 0.355 e. The quantitative estimate of drug-likeness (QED) is 0.506. The molecule has 30 heavy (non-hydrogen) atoms. The minimum Gasteiger partial charge on any atom is -0.355 e. The van der Waals surface area contributed by atoms with Crippen LogP contribution in [0.15, 0.2) is 59.8 Å². The fraction of sp³-hybridized carbons (Fsp3) is 0.318. The molecule has 0 bridgehead atoms. The van der Waals surface area contributed by atoms with Gasteiger partial charge in [0, 0.05) is 17.3 Å². The summed E-state index contributed by atoms with van der Waals surface area (Å²) in [6, 6.07) is 17.7. The second-order valence-corrected chi connectivity index (χ2v) is 8.55. The van der Waals surface area contributed by atoms with Gasteiger partial charge in [-0.3, -0.25) is 14.3 Å². The third kappa shape index (κ3) is 5.84. The van der Waals surface area contributed by atoms with Gasteiger partial charge in [0.1, 0.15) is 0 Å². The molecule has 2 aromatic carbocycles. The van der Waals surface area contributed by atoms with Crippen molar-refractivity contribution in [1.29, 1.82) is 0 Å². The molecule has 0 aliphatic rings. The molecule has 0 radical (unpaired) electrons. The fourth-order valence-corrected chi connectivity index (χ4v) is 3.80. The minimum absolute atomic E-state index is 0.0243. The Morgan fingerprint density at radius 3 is 2.50 bits per heavy atom. The number of benzene rings is 2. The number of aromatic nitrogens is 3. The zero-order valence-electron chi connectivity index (χ0n) is 17.4. The second-order valence-electron chi connectivity index (χ2n) is 7.17. The van der Waals surface area contributed by atoms with Gasteiger partial charge in [-0.15, -0.1) is 10.2 Å². The molecule has 8 heteroatoms. The average Bonchev–Trinajstić information content (AvgIpc) is 3.16. The number of nitrogens with zero attached hydrogens (tertiary/aromatic N) is 4. The lowest BCUT2D eigenvalue weighted by atomic mass is 10.1. The van der Waals surface area contributed by atoms with Gasteiger partial charge in [-0.1, -0.05) is 53.7 Å². The molecular formula is C22H26ClN5OS. The summed E-state index contributed by atoms with van der Waals surface area (Å²) in [7, 11) is 4.00. The lowest BCUT2D eigenvalue weighted by Crippen LogP contribution is -2.27. The van der Waals surface area contributed by atoms with Crippen molar-refractivity contribution in [3.63, 3.8) is 0 Å². The maximum atomic E-state index is 12.3. The van der Waals surface area contributed by atoms with Gasteiger partial charge in [-0.25, -0.2) is 0 Å². The molecule has 1 heterocycles. The lowest BCUT2D eigenvalue weighted by molar-refractivity contribution is -0.118. The molecule has 1 aromatic heterocycles. The Balaban J connectivity index is 1.67. The number of nitrogens with one attached hydrogen (secondary N) is 1. The second kappa shape index (κ2) is 10.6. The van der Waals surface area contributed by atoms with E-state index in [-0.39, 0.29) is 17.7 Å². The van der Waals surface area contributed by atoms with Crippen LogP contribution in [0.25, 0.3) is 5.69 Å². The topological polar surface area (TPSA) is 63.1 Å². The smallest absolute Gasteiger partial charge is 0.230 e. The van der Waals surface area contributed by atoms with E-state index >= 15 is 0 Å². The van der Waals surface area contributed by atoms with Crippen molar-refractivity contribution in [3.05, 3.63) is 71.0 Å². The van der Waals surface area contributed by atoms with E-state index in [1.165, 1.54) is 17.3 Å². The van der Waals surface area contributed by atoms with Crippen LogP contribution in [0.4, 0.5) is 0 Å². The van der Waals surface area contributed by atoms with Gasteiger partial charge in [0.2, 0.25) is 5.91 Å². The lowest BCUT2D eigenvalue weighted by Gasteiger charge is -2.20. The summed E-state index contributed by atoms with van der Waals surface area (Å²) >= 11 is 7.43. The molecule has 0 saturated carbocycles. The molecule has 3 rings (SSSR count). The molecule has 0 fully saturated rings. The third-order valence-electron chi connectivity index (χ3n) is 4.80. The van der Waals surface area contributed by atoms with Crippen molar-refractivity contribution < 1.29 is 4.79 Å². The van der Waals surface area contributed by atoms with Gasteiger partial charge in [0.15, 0.2) is 11.0 Å². The van der Waals surface area contributed by atoms with E-state index in [0.29, 0.717) is 16.7 Å². The van der Waals surface area contributed by atoms with Crippen molar-refractivity contribution in [2.45, 2.75) is 24.5 Å². The van der Waals surface area contributed by atoms with E-state index in [1.54, 1.807) is 0 Å². The molecule has 1 N–H and O–H groups in total. The van der Waals surface area contributed by atoms with Gasteiger partial charge in [0.25, 0.3) is 0 Å². The maximum Gasteiger partial charge on any atom is 0.230 e. The SMILES string of the molecule is CC(c1nnc(SCC(=O)NCCc2ccccc2)n1-c1ccc(Cl)cc1)N(C)C. The molecule has 1 unspecified atom stereocenters. The van der Waals surface area contributed by atoms with Crippen molar-refractivity contribution in [1.82, 2.24) is 25.0 Å². The molecule has 0 spiro atoms. The van der Waals surface area contributed by atoms with Gasteiger partial charge in [-0.05, 0) is 57.3 Å². The standard InChI is InChI=1S/C22H26ClN5OS/c1-16(27(2)3)21-25-26-22(28(21)19-11-9-18(23)10-12-19)30-15-20(29)24-14-13-17-7-5-4-6-8-17/h4-12,16H,13-15H2,1-3H3,(H,24,29). The van der Waals surface area contributed by atoms with Crippen LogP contribution in [0.2, 0.25) is 5.02 Å². The molecule has 0 aliphatic carbocycles. The minimum atomic E-state index is -0.0243. The fourth-order valence-electron chi connectivity index (χ4n) is 2.88. The number of rotatable bonds is 9. The highest BCUT2D eigenvalue weighted by Gasteiger charge is 2.21. The van der Waals surface area contributed by atoms with Gasteiger partial charge in [-0.2, -0.15) is 0 Å². The number of hydrogen-bond donors (Lipinski definition) is 1. The first-order valence-corrected chi connectivity index (χ1v) is 11.1.